The summed E-state index contributed by atoms with van der Waals surface area (Å²) < 4.78 is 15.5. The van der Waals surface area contributed by atoms with Crippen molar-refractivity contribution >= 4 is 28.1 Å². The highest BCUT2D eigenvalue weighted by Gasteiger charge is 2.09. The molecule has 1 aromatic heterocycles. The van der Waals surface area contributed by atoms with Gasteiger partial charge in [0, 0.05) is 11.0 Å². The van der Waals surface area contributed by atoms with Gasteiger partial charge in [0.2, 0.25) is 5.95 Å². The molecule has 0 radical (unpaired) electrons. The largest absolute Gasteiger partial charge is 0.272 e. The van der Waals surface area contributed by atoms with E-state index in [0.717, 1.165) is 0 Å². The summed E-state index contributed by atoms with van der Waals surface area (Å²) >= 11 is 3.27. The van der Waals surface area contributed by atoms with Gasteiger partial charge in [-0.3, -0.25) is 4.79 Å². The Morgan fingerprint density at radius 2 is 2.30 bits per heavy atom. The van der Waals surface area contributed by atoms with Crippen molar-refractivity contribution in [2.75, 3.05) is 0 Å². The van der Waals surface area contributed by atoms with Crippen LogP contribution in [0.25, 0.3) is 0 Å². The number of nitrogens with one attached hydrogen (secondary N) is 1. The predicted molar refractivity (Wildman–Crippen MR) is 77.1 cm³/mol. The lowest BCUT2D eigenvalue weighted by molar-refractivity contribution is 0.0954. The maximum atomic E-state index is 13.6. The number of nitrogens with zero attached hydrogens (tertiary/aromatic N) is 3. The van der Waals surface area contributed by atoms with Gasteiger partial charge >= 0.3 is 0 Å². The molecule has 20 heavy (non-hydrogen) atoms. The van der Waals surface area contributed by atoms with Crippen LogP contribution >= 0.6 is 15.9 Å². The first kappa shape index (κ1) is 14.4. The lowest BCUT2D eigenvalue weighted by Gasteiger charge is -2.01. The summed E-state index contributed by atoms with van der Waals surface area (Å²) in [5, 5.41) is 7.56. The normalized spacial score (nSPS) is 10.9. The molecule has 0 saturated heterocycles. The van der Waals surface area contributed by atoms with E-state index in [0.29, 0.717) is 16.6 Å². The standard InChI is InChI=1S/C13H12BrFN4O/c1-2-19-12(15)9(8-17-19)7-16-18-13(20)10-5-3-4-6-11(10)14/h3-8H,2H2,1H3,(H,18,20). The van der Waals surface area contributed by atoms with Crippen LogP contribution in [-0.2, 0) is 6.54 Å². The van der Waals surface area contributed by atoms with E-state index < -0.39 is 5.95 Å². The molecule has 104 valence electrons. The van der Waals surface area contributed by atoms with Gasteiger partial charge in [0.15, 0.2) is 0 Å². The van der Waals surface area contributed by atoms with Crippen molar-refractivity contribution in [3.05, 3.63) is 52.0 Å². The summed E-state index contributed by atoms with van der Waals surface area (Å²) in [4.78, 5) is 11.8. The van der Waals surface area contributed by atoms with Gasteiger partial charge in [-0.1, -0.05) is 12.1 Å². The van der Waals surface area contributed by atoms with Gasteiger partial charge in [-0.05, 0) is 35.0 Å². The van der Waals surface area contributed by atoms with E-state index >= 15 is 0 Å². The summed E-state index contributed by atoms with van der Waals surface area (Å²) in [5.74, 6) is -0.858. The van der Waals surface area contributed by atoms with Gasteiger partial charge in [0.1, 0.15) is 0 Å². The smallest absolute Gasteiger partial charge is 0.267 e. The number of hydrogen-bond acceptors (Lipinski definition) is 3. The Kier molecular flexibility index (Phi) is 4.62. The molecule has 0 aliphatic rings. The summed E-state index contributed by atoms with van der Waals surface area (Å²) in [7, 11) is 0. The molecule has 1 amide bonds. The minimum atomic E-state index is -0.480. The first-order chi connectivity index (χ1) is 9.63. The van der Waals surface area contributed by atoms with Crippen LogP contribution in [0.5, 0.6) is 0 Å². The van der Waals surface area contributed by atoms with Gasteiger partial charge in [-0.2, -0.15) is 14.6 Å². The Labute approximate surface area is 123 Å². The second kappa shape index (κ2) is 6.42. The zero-order valence-corrected chi connectivity index (χ0v) is 12.3. The number of halogens is 2. The third-order valence-electron chi connectivity index (χ3n) is 2.59. The van der Waals surface area contributed by atoms with Gasteiger partial charge in [-0.15, -0.1) is 0 Å². The lowest BCUT2D eigenvalue weighted by atomic mass is 10.2. The molecule has 0 bridgehead atoms. The number of benzene rings is 1. The van der Waals surface area contributed by atoms with Crippen LogP contribution in [0.1, 0.15) is 22.8 Å². The molecule has 1 N–H and O–H groups in total. The number of rotatable bonds is 4. The summed E-state index contributed by atoms with van der Waals surface area (Å²) in [6.45, 7) is 2.22. The maximum Gasteiger partial charge on any atom is 0.272 e. The molecule has 7 heteroatoms. The number of hydrazone groups is 1. The number of aromatic nitrogens is 2. The van der Waals surface area contributed by atoms with Crippen LogP contribution in [0, 0.1) is 5.95 Å². The Morgan fingerprint density at radius 1 is 1.55 bits per heavy atom. The van der Waals surface area contributed by atoms with Crippen molar-refractivity contribution in [3.63, 3.8) is 0 Å². The number of amides is 1. The molecule has 1 aromatic carbocycles. The van der Waals surface area contributed by atoms with E-state index in [-0.39, 0.29) is 11.5 Å². The van der Waals surface area contributed by atoms with Crippen molar-refractivity contribution in [2.24, 2.45) is 5.10 Å². The summed E-state index contributed by atoms with van der Waals surface area (Å²) in [6, 6.07) is 6.96. The van der Waals surface area contributed by atoms with Crippen molar-refractivity contribution in [2.45, 2.75) is 13.5 Å². The number of carbonyl (C=O) groups is 1. The number of hydrogen-bond donors (Lipinski definition) is 1. The fourth-order valence-electron chi connectivity index (χ4n) is 1.56. The molecule has 0 unspecified atom stereocenters. The van der Waals surface area contributed by atoms with Crippen LogP contribution in [0.15, 0.2) is 40.0 Å². The van der Waals surface area contributed by atoms with Gasteiger partial charge in [0.25, 0.3) is 5.91 Å². The van der Waals surface area contributed by atoms with E-state index in [1.807, 2.05) is 0 Å². The molecular formula is C13H12BrFN4O. The number of carbonyl (C=O) groups excluding carboxylic acids is 1. The number of aryl methyl sites for hydroxylation is 1. The quantitative estimate of drug-likeness (QED) is 0.688. The zero-order valence-electron chi connectivity index (χ0n) is 10.7. The van der Waals surface area contributed by atoms with E-state index in [1.165, 1.54) is 17.1 Å². The Balaban J connectivity index is 2.05. The third-order valence-corrected chi connectivity index (χ3v) is 3.28. The molecule has 0 aliphatic carbocycles. The Bertz CT molecular complexity index is 654. The van der Waals surface area contributed by atoms with E-state index in [1.54, 1.807) is 31.2 Å². The van der Waals surface area contributed by atoms with Crippen LogP contribution in [0.3, 0.4) is 0 Å². The van der Waals surface area contributed by atoms with E-state index in [4.69, 9.17) is 0 Å². The lowest BCUT2D eigenvalue weighted by Crippen LogP contribution is -2.18. The molecule has 0 atom stereocenters. The Hall–Kier alpha value is -2.02. The van der Waals surface area contributed by atoms with Crippen molar-refractivity contribution in [3.8, 4) is 0 Å². The third kappa shape index (κ3) is 3.11. The van der Waals surface area contributed by atoms with Gasteiger partial charge < -0.3 is 0 Å². The topological polar surface area (TPSA) is 59.3 Å². The van der Waals surface area contributed by atoms with Crippen LogP contribution in [-0.4, -0.2) is 21.9 Å². The molecular weight excluding hydrogens is 327 g/mol. The fraction of sp³-hybridized carbons (Fsp3) is 0.154. The van der Waals surface area contributed by atoms with Crippen molar-refractivity contribution in [1.29, 1.82) is 0 Å². The molecule has 0 fully saturated rings. The fourth-order valence-corrected chi connectivity index (χ4v) is 2.02. The highest BCUT2D eigenvalue weighted by atomic mass is 79.9. The van der Waals surface area contributed by atoms with Crippen LogP contribution < -0.4 is 5.43 Å². The molecule has 2 aromatic rings. The summed E-state index contributed by atoms with van der Waals surface area (Å²) in [6.07, 6.45) is 2.58. The second-order valence-electron chi connectivity index (χ2n) is 3.89. The minimum Gasteiger partial charge on any atom is -0.267 e. The van der Waals surface area contributed by atoms with E-state index in [2.05, 4.69) is 31.6 Å². The highest BCUT2D eigenvalue weighted by molar-refractivity contribution is 9.10. The molecule has 5 nitrogen and oxygen atoms in total. The van der Waals surface area contributed by atoms with Crippen LogP contribution in [0.4, 0.5) is 4.39 Å². The van der Waals surface area contributed by atoms with Gasteiger partial charge in [-0.25, -0.2) is 10.1 Å². The first-order valence-electron chi connectivity index (χ1n) is 5.92. The zero-order chi connectivity index (χ0) is 14.5. The monoisotopic (exact) mass is 338 g/mol. The molecule has 0 aliphatic heterocycles. The molecule has 1 heterocycles. The Morgan fingerprint density at radius 3 is 2.95 bits per heavy atom. The molecule has 0 saturated carbocycles. The molecule has 2 rings (SSSR count). The first-order valence-corrected chi connectivity index (χ1v) is 6.72. The second-order valence-corrected chi connectivity index (χ2v) is 4.74. The summed E-state index contributed by atoms with van der Waals surface area (Å²) in [5.41, 5.74) is 3.01. The SMILES string of the molecule is CCn1ncc(C=NNC(=O)c2ccccc2Br)c1F. The minimum absolute atomic E-state index is 0.222. The van der Waals surface area contributed by atoms with Crippen molar-refractivity contribution < 1.29 is 9.18 Å². The van der Waals surface area contributed by atoms with Crippen molar-refractivity contribution in [1.82, 2.24) is 15.2 Å². The maximum absolute atomic E-state index is 13.6. The highest BCUT2D eigenvalue weighted by Crippen LogP contribution is 2.15. The predicted octanol–water partition coefficient (Wildman–Crippen LogP) is 2.57. The van der Waals surface area contributed by atoms with Crippen LogP contribution in [0.2, 0.25) is 0 Å². The van der Waals surface area contributed by atoms with Gasteiger partial charge in [0.05, 0.1) is 23.5 Å². The molecule has 0 spiro atoms. The average Bonchev–Trinajstić information content (AvgIpc) is 2.80. The average molecular weight is 339 g/mol. The van der Waals surface area contributed by atoms with E-state index in [9.17, 15) is 9.18 Å².